The third-order valence-electron chi connectivity index (χ3n) is 5.20. The fraction of sp³-hybridized carbons (Fsp3) is 0.227. The van der Waals surface area contributed by atoms with Crippen LogP contribution < -0.4 is 10.6 Å². The lowest BCUT2D eigenvalue weighted by Crippen LogP contribution is -2.33. The summed E-state index contributed by atoms with van der Waals surface area (Å²) in [5.74, 6) is -1.02. The molecule has 1 aliphatic rings. The number of rotatable bonds is 8. The van der Waals surface area contributed by atoms with E-state index in [1.54, 1.807) is 18.2 Å². The maximum Gasteiger partial charge on any atom is 0.226 e. The van der Waals surface area contributed by atoms with Gasteiger partial charge in [0.05, 0.1) is 45.8 Å². The summed E-state index contributed by atoms with van der Waals surface area (Å²) in [6, 6.07) is 8.40. The molecule has 4 rings (SSSR count). The Morgan fingerprint density at radius 2 is 1.87 bits per heavy atom. The highest BCUT2D eigenvalue weighted by Gasteiger charge is 2.51. The zero-order chi connectivity index (χ0) is 21.8. The van der Waals surface area contributed by atoms with Gasteiger partial charge in [0, 0.05) is 24.9 Å². The Morgan fingerprint density at radius 1 is 1.13 bits per heavy atom. The van der Waals surface area contributed by atoms with Gasteiger partial charge in [-0.15, -0.1) is 0 Å². The van der Waals surface area contributed by atoms with Crippen LogP contribution in [0.1, 0.15) is 35.3 Å². The van der Waals surface area contributed by atoms with Crippen LogP contribution in [0, 0.1) is 11.2 Å². The van der Waals surface area contributed by atoms with E-state index in [0.29, 0.717) is 34.8 Å². The van der Waals surface area contributed by atoms with Crippen LogP contribution in [-0.2, 0) is 11.3 Å². The van der Waals surface area contributed by atoms with Crippen molar-refractivity contribution in [3.8, 4) is 0 Å². The van der Waals surface area contributed by atoms with Crippen LogP contribution in [0.2, 0.25) is 5.02 Å². The Morgan fingerprint density at radius 3 is 2.55 bits per heavy atom. The second-order valence-electron chi connectivity index (χ2n) is 7.45. The molecule has 1 aromatic carbocycles. The maximum absolute atomic E-state index is 14.5. The molecule has 0 atom stereocenters. The lowest BCUT2D eigenvalue weighted by molar-refractivity contribution is -0.126. The smallest absolute Gasteiger partial charge is 0.226 e. The molecule has 0 aliphatic heterocycles. The van der Waals surface area contributed by atoms with Crippen molar-refractivity contribution < 1.29 is 14.0 Å². The summed E-state index contributed by atoms with van der Waals surface area (Å²) in [5, 5.41) is 6.22. The second kappa shape index (κ2) is 8.77. The number of halogens is 2. The normalized spacial score (nSPS) is 14.0. The second-order valence-corrected chi connectivity index (χ2v) is 7.85. The van der Waals surface area contributed by atoms with Crippen molar-refractivity contribution >= 4 is 34.7 Å². The summed E-state index contributed by atoms with van der Waals surface area (Å²) in [6.07, 6.45) is 6.96. The van der Waals surface area contributed by atoms with Crippen LogP contribution in [0.15, 0.2) is 55.2 Å². The van der Waals surface area contributed by atoms with E-state index in [4.69, 9.17) is 11.6 Å². The molecule has 9 heteroatoms. The number of nitrogens with zero attached hydrogens (tertiary/aromatic N) is 3. The molecular weight excluding hydrogens is 421 g/mol. The number of para-hydroxylation sites is 1. The van der Waals surface area contributed by atoms with Gasteiger partial charge in [-0.3, -0.25) is 14.6 Å². The lowest BCUT2D eigenvalue weighted by Gasteiger charge is -2.15. The fourth-order valence-corrected chi connectivity index (χ4v) is 3.40. The molecular formula is C22H19ClFN5O2. The Labute approximate surface area is 183 Å². The largest absolute Gasteiger partial charge is 0.353 e. The van der Waals surface area contributed by atoms with Crippen molar-refractivity contribution in [2.24, 2.45) is 5.41 Å². The van der Waals surface area contributed by atoms with E-state index in [1.807, 2.05) is 6.07 Å². The molecule has 0 radical (unpaired) electrons. The van der Waals surface area contributed by atoms with Gasteiger partial charge < -0.3 is 10.6 Å². The lowest BCUT2D eigenvalue weighted by atomic mass is 9.96. The van der Waals surface area contributed by atoms with Gasteiger partial charge in [-0.1, -0.05) is 23.7 Å². The molecule has 1 aliphatic carbocycles. The molecule has 7 nitrogen and oxygen atoms in total. The summed E-state index contributed by atoms with van der Waals surface area (Å²) in [6.45, 7) is -0.0680. The van der Waals surface area contributed by atoms with Crippen LogP contribution in [0.25, 0.3) is 0 Å². The number of anilines is 2. The first kappa shape index (κ1) is 20.9. The first-order valence-electron chi connectivity index (χ1n) is 9.69. The Hall–Kier alpha value is -3.39. The standard InChI is InChI=1S/C22H19ClFN5O2/c23-16-3-1-2-4-18(16)29-15-7-17(24)19(27-11-15)12-28-21(31)22(5-6-22)8-20(30)14-9-25-13-26-10-14/h1-4,7,9-11,13,29H,5-6,8,12H2,(H,28,31). The van der Waals surface area contributed by atoms with Crippen LogP contribution in [0.4, 0.5) is 15.8 Å². The maximum atomic E-state index is 14.5. The number of aromatic nitrogens is 3. The van der Waals surface area contributed by atoms with Crippen molar-refractivity contribution in [3.63, 3.8) is 0 Å². The topological polar surface area (TPSA) is 96.9 Å². The minimum Gasteiger partial charge on any atom is -0.353 e. The quantitative estimate of drug-likeness (QED) is 0.513. The summed E-state index contributed by atoms with van der Waals surface area (Å²) in [4.78, 5) is 36.8. The van der Waals surface area contributed by atoms with Gasteiger partial charge in [0.2, 0.25) is 5.91 Å². The number of ketones is 1. The van der Waals surface area contributed by atoms with E-state index >= 15 is 0 Å². The molecule has 1 fully saturated rings. The molecule has 0 unspecified atom stereocenters. The number of hydrogen-bond acceptors (Lipinski definition) is 6. The van der Waals surface area contributed by atoms with Gasteiger partial charge in [-0.05, 0) is 25.0 Å². The highest BCUT2D eigenvalue weighted by Crippen LogP contribution is 2.49. The number of hydrogen-bond donors (Lipinski definition) is 2. The van der Waals surface area contributed by atoms with E-state index in [2.05, 4.69) is 25.6 Å². The number of Topliss-reactive ketones (excluding diaryl/α,β-unsaturated/α-hetero) is 1. The summed E-state index contributed by atoms with van der Waals surface area (Å²) >= 11 is 6.10. The number of nitrogens with one attached hydrogen (secondary N) is 2. The number of carbonyl (C=O) groups excluding carboxylic acids is 2. The highest BCUT2D eigenvalue weighted by molar-refractivity contribution is 6.33. The molecule has 2 aromatic heterocycles. The van der Waals surface area contributed by atoms with Crippen LogP contribution in [-0.4, -0.2) is 26.6 Å². The summed E-state index contributed by atoms with van der Waals surface area (Å²) < 4.78 is 14.5. The number of pyridine rings is 1. The number of benzene rings is 1. The zero-order valence-corrected chi connectivity index (χ0v) is 17.2. The van der Waals surface area contributed by atoms with Crippen LogP contribution >= 0.6 is 11.6 Å². The Kier molecular flexibility index (Phi) is 5.90. The summed E-state index contributed by atoms with van der Waals surface area (Å²) in [5.41, 5.74) is 0.799. The van der Waals surface area contributed by atoms with E-state index in [1.165, 1.54) is 31.0 Å². The molecule has 2 heterocycles. The Balaban J connectivity index is 1.36. The van der Waals surface area contributed by atoms with E-state index in [9.17, 15) is 14.0 Å². The van der Waals surface area contributed by atoms with Crippen molar-refractivity contribution in [1.29, 1.82) is 0 Å². The average molecular weight is 440 g/mol. The van der Waals surface area contributed by atoms with Crippen LogP contribution in [0.5, 0.6) is 0 Å². The summed E-state index contributed by atoms with van der Waals surface area (Å²) in [7, 11) is 0. The first-order valence-corrected chi connectivity index (χ1v) is 10.1. The van der Waals surface area contributed by atoms with Gasteiger partial charge in [0.25, 0.3) is 0 Å². The third kappa shape index (κ3) is 4.86. The van der Waals surface area contributed by atoms with E-state index in [-0.39, 0.29) is 30.3 Å². The molecule has 158 valence electrons. The first-order chi connectivity index (χ1) is 15.0. The Bertz CT molecular complexity index is 1120. The predicted molar refractivity (Wildman–Crippen MR) is 113 cm³/mol. The van der Waals surface area contributed by atoms with Crippen molar-refractivity contribution in [1.82, 2.24) is 20.3 Å². The van der Waals surface area contributed by atoms with Gasteiger partial charge in [-0.2, -0.15) is 0 Å². The molecule has 1 saturated carbocycles. The molecule has 31 heavy (non-hydrogen) atoms. The molecule has 1 amide bonds. The predicted octanol–water partition coefficient (Wildman–Crippen LogP) is 4.08. The van der Waals surface area contributed by atoms with Gasteiger partial charge in [-0.25, -0.2) is 14.4 Å². The van der Waals surface area contributed by atoms with Gasteiger partial charge >= 0.3 is 0 Å². The molecule has 3 aromatic rings. The zero-order valence-electron chi connectivity index (χ0n) is 16.4. The minimum absolute atomic E-state index is 0.0680. The van der Waals surface area contributed by atoms with Crippen molar-refractivity contribution in [2.75, 3.05) is 5.32 Å². The third-order valence-corrected chi connectivity index (χ3v) is 5.53. The minimum atomic E-state index is -0.755. The van der Waals surface area contributed by atoms with Crippen molar-refractivity contribution in [3.05, 3.63) is 77.3 Å². The number of amides is 1. The monoisotopic (exact) mass is 439 g/mol. The van der Waals surface area contributed by atoms with E-state index < -0.39 is 11.2 Å². The highest BCUT2D eigenvalue weighted by atomic mass is 35.5. The molecule has 0 bridgehead atoms. The number of carbonyl (C=O) groups is 2. The van der Waals surface area contributed by atoms with E-state index in [0.717, 1.165) is 0 Å². The fourth-order valence-electron chi connectivity index (χ4n) is 3.22. The SMILES string of the molecule is O=C(CC1(C(=O)NCc2ncc(Nc3ccccc3Cl)cc2F)CC1)c1cncnc1. The average Bonchev–Trinajstić information content (AvgIpc) is 3.56. The van der Waals surface area contributed by atoms with Crippen molar-refractivity contribution in [2.45, 2.75) is 25.8 Å². The molecule has 0 spiro atoms. The molecule has 2 N–H and O–H groups in total. The van der Waals surface area contributed by atoms with Gasteiger partial charge in [0.15, 0.2) is 5.78 Å². The van der Waals surface area contributed by atoms with Crippen LogP contribution in [0.3, 0.4) is 0 Å². The van der Waals surface area contributed by atoms with Gasteiger partial charge in [0.1, 0.15) is 12.1 Å². The molecule has 0 saturated heterocycles.